The van der Waals surface area contributed by atoms with E-state index in [1.54, 1.807) is 11.8 Å². The normalized spacial score (nSPS) is 14.9. The third-order valence-electron chi connectivity index (χ3n) is 3.43. The monoisotopic (exact) mass is 291 g/mol. The van der Waals surface area contributed by atoms with Crippen LogP contribution in [0.25, 0.3) is 0 Å². The van der Waals surface area contributed by atoms with Crippen LogP contribution in [0.4, 0.5) is 11.4 Å². The number of nitrogens with one attached hydrogen (secondary N) is 1. The molecule has 0 aromatic heterocycles. The van der Waals surface area contributed by atoms with Crippen LogP contribution in [0.15, 0.2) is 18.2 Å². The van der Waals surface area contributed by atoms with Crippen LogP contribution in [-0.2, 0) is 4.79 Å². The highest BCUT2D eigenvalue weighted by atomic mass is 16.6. The lowest BCUT2D eigenvalue weighted by molar-refractivity contribution is -0.384. The van der Waals surface area contributed by atoms with E-state index in [2.05, 4.69) is 5.32 Å². The number of rotatable bonds is 4. The fourth-order valence-electron chi connectivity index (χ4n) is 2.33. The minimum atomic E-state index is -0.465. The highest BCUT2D eigenvalue weighted by Gasteiger charge is 2.24. The summed E-state index contributed by atoms with van der Waals surface area (Å²) in [6, 6.07) is 4.32. The van der Waals surface area contributed by atoms with Gasteiger partial charge >= 0.3 is 0 Å². The first kappa shape index (κ1) is 15.0. The molecule has 0 saturated carbocycles. The van der Waals surface area contributed by atoms with Gasteiger partial charge in [0.2, 0.25) is 0 Å². The molecule has 1 fully saturated rings. The van der Waals surface area contributed by atoms with Crippen molar-refractivity contribution in [3.05, 3.63) is 33.9 Å². The molecule has 1 aromatic carbocycles. The topological polar surface area (TPSA) is 92.5 Å². The first-order valence-electron chi connectivity index (χ1n) is 6.86. The molecule has 1 amide bonds. The molecule has 0 unspecified atom stereocenters. The lowest BCUT2D eigenvalue weighted by atomic mass is 10.1. The summed E-state index contributed by atoms with van der Waals surface area (Å²) in [7, 11) is 0. The fourth-order valence-corrected chi connectivity index (χ4v) is 2.33. The Bertz CT molecular complexity index is 576. The van der Waals surface area contributed by atoms with Gasteiger partial charge in [0.25, 0.3) is 11.6 Å². The number of benzene rings is 1. The largest absolute Gasteiger partial charge is 0.365 e. The van der Waals surface area contributed by atoms with Gasteiger partial charge in [-0.3, -0.25) is 19.7 Å². The van der Waals surface area contributed by atoms with Gasteiger partial charge in [0, 0.05) is 44.1 Å². The average Bonchev–Trinajstić information content (AvgIpc) is 2.47. The first-order valence-corrected chi connectivity index (χ1v) is 6.86. The maximum absolute atomic E-state index is 11.9. The number of nitro groups is 1. The Kier molecular flexibility index (Phi) is 4.52. The number of anilines is 1. The third kappa shape index (κ3) is 3.36. The lowest BCUT2D eigenvalue weighted by Crippen LogP contribution is -2.34. The number of ketones is 1. The van der Waals surface area contributed by atoms with Crippen LogP contribution in [0.3, 0.4) is 0 Å². The van der Waals surface area contributed by atoms with Gasteiger partial charge < -0.3 is 10.2 Å². The van der Waals surface area contributed by atoms with Crippen LogP contribution >= 0.6 is 0 Å². The maximum atomic E-state index is 11.9. The van der Waals surface area contributed by atoms with Gasteiger partial charge in [0.05, 0.1) is 4.92 Å². The number of hydrogen-bond acceptors (Lipinski definition) is 5. The van der Waals surface area contributed by atoms with Gasteiger partial charge in [-0.1, -0.05) is 0 Å². The van der Waals surface area contributed by atoms with Gasteiger partial charge in [-0.2, -0.15) is 0 Å². The van der Waals surface area contributed by atoms with Gasteiger partial charge in [-0.25, -0.2) is 0 Å². The molecule has 7 heteroatoms. The maximum Gasteiger partial charge on any atom is 0.292 e. The molecule has 1 N–H and O–H groups in total. The summed E-state index contributed by atoms with van der Waals surface area (Å²) in [6.07, 6.45) is 0.755. The number of Topliss-reactive ketones (excluding diaryl/α,β-unsaturated/α-hetero) is 1. The molecule has 0 aliphatic carbocycles. The number of nitro benzene ring substituents is 1. The molecular weight excluding hydrogens is 274 g/mol. The predicted octanol–water partition coefficient (Wildman–Crippen LogP) is 1.51. The van der Waals surface area contributed by atoms with Crippen molar-refractivity contribution in [2.75, 3.05) is 24.5 Å². The van der Waals surface area contributed by atoms with Crippen LogP contribution in [-0.4, -0.2) is 36.2 Å². The molecule has 112 valence electrons. The lowest BCUT2D eigenvalue weighted by Gasteiger charge is -2.28. The summed E-state index contributed by atoms with van der Waals surface area (Å²) in [6.45, 7) is 3.18. The van der Waals surface area contributed by atoms with Crippen LogP contribution in [0.2, 0.25) is 0 Å². The van der Waals surface area contributed by atoms with Crippen LogP contribution < -0.4 is 10.2 Å². The Morgan fingerprint density at radius 3 is 2.62 bits per heavy atom. The summed E-state index contributed by atoms with van der Waals surface area (Å²) in [5, 5.41) is 13.8. The van der Waals surface area contributed by atoms with Crippen molar-refractivity contribution in [2.45, 2.75) is 19.8 Å². The smallest absolute Gasteiger partial charge is 0.292 e. The fraction of sp³-hybridized carbons (Fsp3) is 0.429. The zero-order valence-corrected chi connectivity index (χ0v) is 11.8. The second-order valence-corrected chi connectivity index (χ2v) is 4.85. The zero-order valence-electron chi connectivity index (χ0n) is 11.8. The zero-order chi connectivity index (χ0) is 15.4. The molecule has 1 heterocycles. The highest BCUT2D eigenvalue weighted by molar-refractivity contribution is 5.96. The van der Waals surface area contributed by atoms with Crippen molar-refractivity contribution in [1.82, 2.24) is 5.32 Å². The molecule has 0 radical (unpaired) electrons. The minimum Gasteiger partial charge on any atom is -0.365 e. The summed E-state index contributed by atoms with van der Waals surface area (Å²) in [5.41, 5.74) is 0.739. The van der Waals surface area contributed by atoms with Gasteiger partial charge in [0.15, 0.2) is 0 Å². The number of piperidine rings is 1. The quantitative estimate of drug-likeness (QED) is 0.670. The van der Waals surface area contributed by atoms with Crippen molar-refractivity contribution >= 4 is 23.1 Å². The Morgan fingerprint density at radius 1 is 1.38 bits per heavy atom. The first-order chi connectivity index (χ1) is 10.0. The number of nitrogens with zero attached hydrogens (tertiary/aromatic N) is 2. The summed E-state index contributed by atoms with van der Waals surface area (Å²) in [5.74, 6) is -0.101. The molecule has 0 spiro atoms. The standard InChI is InChI=1S/C14H17N3O4/c1-2-15-14(19)10-3-4-12(17(20)21)13(9-10)16-7-5-11(18)6-8-16/h3-4,9H,2,5-8H2,1H3,(H,15,19). The molecule has 1 aliphatic rings. The van der Waals surface area contributed by atoms with Crippen molar-refractivity contribution < 1.29 is 14.5 Å². The van der Waals surface area contributed by atoms with Crippen molar-refractivity contribution in [3.63, 3.8) is 0 Å². The highest BCUT2D eigenvalue weighted by Crippen LogP contribution is 2.30. The van der Waals surface area contributed by atoms with Crippen molar-refractivity contribution in [1.29, 1.82) is 0 Å². The molecule has 0 bridgehead atoms. The molecule has 21 heavy (non-hydrogen) atoms. The van der Waals surface area contributed by atoms with E-state index in [0.717, 1.165) is 0 Å². The Hall–Kier alpha value is -2.44. The van der Waals surface area contributed by atoms with E-state index >= 15 is 0 Å². The van der Waals surface area contributed by atoms with Gasteiger partial charge in [0.1, 0.15) is 11.5 Å². The van der Waals surface area contributed by atoms with Gasteiger partial charge in [-0.15, -0.1) is 0 Å². The van der Waals surface area contributed by atoms with E-state index in [0.29, 0.717) is 43.7 Å². The third-order valence-corrected chi connectivity index (χ3v) is 3.43. The second-order valence-electron chi connectivity index (χ2n) is 4.85. The van der Waals surface area contributed by atoms with E-state index < -0.39 is 4.92 Å². The predicted molar refractivity (Wildman–Crippen MR) is 77.6 cm³/mol. The minimum absolute atomic E-state index is 0.0441. The average molecular weight is 291 g/mol. The van der Waals surface area contributed by atoms with E-state index in [9.17, 15) is 19.7 Å². The van der Waals surface area contributed by atoms with E-state index in [1.807, 2.05) is 0 Å². The van der Waals surface area contributed by atoms with Gasteiger partial charge in [-0.05, 0) is 19.1 Å². The van der Waals surface area contributed by atoms with Crippen molar-refractivity contribution in [3.8, 4) is 0 Å². The van der Waals surface area contributed by atoms with E-state index in [-0.39, 0.29) is 17.4 Å². The Labute approximate surface area is 122 Å². The SMILES string of the molecule is CCNC(=O)c1ccc([N+](=O)[O-])c(N2CCC(=O)CC2)c1. The molecule has 1 saturated heterocycles. The summed E-state index contributed by atoms with van der Waals surface area (Å²) < 4.78 is 0. The molecule has 0 atom stereocenters. The van der Waals surface area contributed by atoms with Crippen LogP contribution in [0.1, 0.15) is 30.1 Å². The van der Waals surface area contributed by atoms with Crippen LogP contribution in [0, 0.1) is 10.1 Å². The molecule has 7 nitrogen and oxygen atoms in total. The Morgan fingerprint density at radius 2 is 2.05 bits per heavy atom. The molecule has 1 aromatic rings. The van der Waals surface area contributed by atoms with Crippen molar-refractivity contribution in [2.24, 2.45) is 0 Å². The Balaban J connectivity index is 2.35. The summed E-state index contributed by atoms with van der Waals surface area (Å²) >= 11 is 0. The van der Waals surface area contributed by atoms with Crippen LogP contribution in [0.5, 0.6) is 0 Å². The summed E-state index contributed by atoms with van der Waals surface area (Å²) in [4.78, 5) is 35.6. The molecular formula is C14H17N3O4. The second kappa shape index (κ2) is 6.34. The molecule has 2 rings (SSSR count). The molecule has 1 aliphatic heterocycles. The van der Waals surface area contributed by atoms with E-state index in [1.165, 1.54) is 18.2 Å². The van der Waals surface area contributed by atoms with E-state index in [4.69, 9.17) is 0 Å². The number of carbonyl (C=O) groups excluding carboxylic acids is 2. The number of amides is 1. The number of hydrogen-bond donors (Lipinski definition) is 1. The number of carbonyl (C=O) groups is 2.